The van der Waals surface area contributed by atoms with Crippen LogP contribution in [0.2, 0.25) is 0 Å². The van der Waals surface area contributed by atoms with E-state index in [-0.39, 0.29) is 0 Å². The van der Waals surface area contributed by atoms with Gasteiger partial charge in [0.1, 0.15) is 10.3 Å². The molecular formula is C11H13BrN4. The van der Waals surface area contributed by atoms with Crippen molar-refractivity contribution in [1.29, 1.82) is 0 Å². The SMILES string of the molecule is Cn1c(-c2ccccn2)nc(Br)c1CCN. The predicted molar refractivity (Wildman–Crippen MR) is 66.9 cm³/mol. The Morgan fingerprint density at radius 3 is 2.88 bits per heavy atom. The van der Waals surface area contributed by atoms with Crippen molar-refractivity contribution in [3.63, 3.8) is 0 Å². The Morgan fingerprint density at radius 1 is 1.44 bits per heavy atom. The molecule has 0 atom stereocenters. The highest BCUT2D eigenvalue weighted by Gasteiger charge is 2.13. The summed E-state index contributed by atoms with van der Waals surface area (Å²) in [5, 5.41) is 0. The van der Waals surface area contributed by atoms with Crippen LogP contribution in [0.25, 0.3) is 11.5 Å². The van der Waals surface area contributed by atoms with E-state index in [2.05, 4.69) is 25.9 Å². The summed E-state index contributed by atoms with van der Waals surface area (Å²) in [6.45, 7) is 0.611. The molecule has 0 fully saturated rings. The van der Waals surface area contributed by atoms with Crippen LogP contribution >= 0.6 is 15.9 Å². The average molecular weight is 281 g/mol. The number of pyridine rings is 1. The van der Waals surface area contributed by atoms with E-state index in [4.69, 9.17) is 5.73 Å². The van der Waals surface area contributed by atoms with Crippen molar-refractivity contribution in [1.82, 2.24) is 14.5 Å². The zero-order chi connectivity index (χ0) is 11.5. The van der Waals surface area contributed by atoms with Crippen LogP contribution in [0.15, 0.2) is 29.0 Å². The molecule has 84 valence electrons. The molecule has 0 aliphatic heterocycles. The quantitative estimate of drug-likeness (QED) is 0.932. The van der Waals surface area contributed by atoms with Crippen LogP contribution in [-0.2, 0) is 13.5 Å². The number of rotatable bonds is 3. The van der Waals surface area contributed by atoms with Gasteiger partial charge in [0.15, 0.2) is 5.82 Å². The minimum Gasteiger partial charge on any atom is -0.330 e. The molecule has 16 heavy (non-hydrogen) atoms. The predicted octanol–water partition coefficient (Wildman–Crippen LogP) is 1.75. The molecule has 2 aromatic rings. The second-order valence-corrected chi connectivity index (χ2v) is 4.24. The van der Waals surface area contributed by atoms with Gasteiger partial charge >= 0.3 is 0 Å². The average Bonchev–Trinajstić information content (AvgIpc) is 2.59. The standard InChI is InChI=1S/C11H13BrN4/c1-16-9(5-6-13)10(12)15-11(16)8-4-2-3-7-14-8/h2-4,7H,5-6,13H2,1H3. The van der Waals surface area contributed by atoms with E-state index in [1.165, 1.54) is 0 Å². The monoisotopic (exact) mass is 280 g/mol. The molecule has 0 spiro atoms. The largest absolute Gasteiger partial charge is 0.330 e. The first-order valence-corrected chi connectivity index (χ1v) is 5.86. The number of nitrogens with zero attached hydrogens (tertiary/aromatic N) is 3. The van der Waals surface area contributed by atoms with Gasteiger partial charge in [0.2, 0.25) is 0 Å². The molecule has 0 aliphatic carbocycles. The molecule has 0 amide bonds. The lowest BCUT2D eigenvalue weighted by Crippen LogP contribution is -2.07. The lowest BCUT2D eigenvalue weighted by atomic mass is 10.3. The summed E-state index contributed by atoms with van der Waals surface area (Å²) in [6, 6.07) is 5.79. The van der Waals surface area contributed by atoms with E-state index in [0.717, 1.165) is 28.2 Å². The van der Waals surface area contributed by atoms with Crippen LogP contribution in [0.4, 0.5) is 0 Å². The van der Waals surface area contributed by atoms with E-state index in [1.807, 2.05) is 29.8 Å². The summed E-state index contributed by atoms with van der Waals surface area (Å²) >= 11 is 3.45. The molecule has 2 aromatic heterocycles. The Labute approximate surface area is 103 Å². The molecule has 2 heterocycles. The number of hydrogen-bond donors (Lipinski definition) is 1. The number of halogens is 1. The first kappa shape index (κ1) is 11.3. The summed E-state index contributed by atoms with van der Waals surface area (Å²) in [5.41, 5.74) is 7.54. The Kier molecular flexibility index (Phi) is 3.36. The van der Waals surface area contributed by atoms with Gasteiger partial charge in [0, 0.05) is 19.7 Å². The second-order valence-electron chi connectivity index (χ2n) is 3.49. The number of imidazole rings is 1. The third-order valence-electron chi connectivity index (χ3n) is 2.44. The Balaban J connectivity index is 2.47. The number of nitrogens with two attached hydrogens (primary N) is 1. The molecule has 0 bridgehead atoms. The molecule has 0 radical (unpaired) electrons. The van der Waals surface area contributed by atoms with Gasteiger partial charge in [-0.1, -0.05) is 6.07 Å². The molecule has 4 nitrogen and oxygen atoms in total. The molecule has 2 rings (SSSR count). The summed E-state index contributed by atoms with van der Waals surface area (Å²) in [6.07, 6.45) is 2.57. The van der Waals surface area contributed by atoms with Crippen LogP contribution in [0.5, 0.6) is 0 Å². The molecular weight excluding hydrogens is 268 g/mol. The molecule has 0 saturated heterocycles. The maximum atomic E-state index is 5.57. The summed E-state index contributed by atoms with van der Waals surface area (Å²) in [7, 11) is 1.98. The Hall–Kier alpha value is -1.20. The fourth-order valence-corrected chi connectivity index (χ4v) is 2.26. The molecule has 0 saturated carbocycles. The highest BCUT2D eigenvalue weighted by molar-refractivity contribution is 9.10. The lowest BCUT2D eigenvalue weighted by molar-refractivity contribution is 0.805. The van der Waals surface area contributed by atoms with Gasteiger partial charge in [0.05, 0.1) is 5.69 Å². The van der Waals surface area contributed by atoms with Gasteiger partial charge in [-0.05, 0) is 34.6 Å². The fourth-order valence-electron chi connectivity index (χ4n) is 1.63. The lowest BCUT2D eigenvalue weighted by Gasteiger charge is -2.04. The maximum Gasteiger partial charge on any atom is 0.159 e. The summed E-state index contributed by atoms with van der Waals surface area (Å²) < 4.78 is 2.88. The van der Waals surface area contributed by atoms with Crippen LogP contribution in [0.3, 0.4) is 0 Å². The van der Waals surface area contributed by atoms with Crippen molar-refractivity contribution in [3.8, 4) is 11.5 Å². The first-order valence-electron chi connectivity index (χ1n) is 5.06. The summed E-state index contributed by atoms with van der Waals surface area (Å²) in [5.74, 6) is 0.857. The zero-order valence-electron chi connectivity index (χ0n) is 9.02. The third kappa shape index (κ3) is 2.01. The number of hydrogen-bond acceptors (Lipinski definition) is 3. The molecule has 5 heteroatoms. The van der Waals surface area contributed by atoms with E-state index in [0.29, 0.717) is 6.54 Å². The highest BCUT2D eigenvalue weighted by Crippen LogP contribution is 2.23. The van der Waals surface area contributed by atoms with Gasteiger partial charge in [-0.25, -0.2) is 4.98 Å². The minimum absolute atomic E-state index is 0.611. The van der Waals surface area contributed by atoms with Crippen molar-refractivity contribution in [2.75, 3.05) is 6.54 Å². The van der Waals surface area contributed by atoms with Crippen molar-refractivity contribution < 1.29 is 0 Å². The molecule has 0 unspecified atom stereocenters. The van der Waals surface area contributed by atoms with E-state index in [9.17, 15) is 0 Å². The molecule has 0 aromatic carbocycles. The highest BCUT2D eigenvalue weighted by atomic mass is 79.9. The minimum atomic E-state index is 0.611. The Morgan fingerprint density at radius 2 is 2.25 bits per heavy atom. The maximum absolute atomic E-state index is 5.57. The van der Waals surface area contributed by atoms with Crippen LogP contribution in [0.1, 0.15) is 5.69 Å². The van der Waals surface area contributed by atoms with Crippen molar-refractivity contribution in [3.05, 3.63) is 34.7 Å². The van der Waals surface area contributed by atoms with Crippen molar-refractivity contribution in [2.45, 2.75) is 6.42 Å². The number of aromatic nitrogens is 3. The topological polar surface area (TPSA) is 56.7 Å². The molecule has 2 N–H and O–H groups in total. The van der Waals surface area contributed by atoms with Crippen molar-refractivity contribution >= 4 is 15.9 Å². The molecule has 0 aliphatic rings. The van der Waals surface area contributed by atoms with Gasteiger partial charge in [-0.2, -0.15) is 0 Å². The van der Waals surface area contributed by atoms with Crippen LogP contribution in [-0.4, -0.2) is 21.1 Å². The van der Waals surface area contributed by atoms with E-state index < -0.39 is 0 Å². The Bertz CT molecular complexity index is 478. The smallest absolute Gasteiger partial charge is 0.159 e. The van der Waals surface area contributed by atoms with E-state index >= 15 is 0 Å². The van der Waals surface area contributed by atoms with Gasteiger partial charge < -0.3 is 10.3 Å². The second kappa shape index (κ2) is 4.76. The zero-order valence-corrected chi connectivity index (χ0v) is 10.6. The third-order valence-corrected chi connectivity index (χ3v) is 3.07. The summed E-state index contributed by atoms with van der Waals surface area (Å²) in [4.78, 5) is 8.75. The van der Waals surface area contributed by atoms with Crippen LogP contribution in [0, 0.1) is 0 Å². The first-order chi connectivity index (χ1) is 7.74. The van der Waals surface area contributed by atoms with Crippen molar-refractivity contribution in [2.24, 2.45) is 12.8 Å². The van der Waals surface area contributed by atoms with Crippen LogP contribution < -0.4 is 5.73 Å². The van der Waals surface area contributed by atoms with E-state index in [1.54, 1.807) is 6.20 Å². The normalized spacial score (nSPS) is 10.7. The fraction of sp³-hybridized carbons (Fsp3) is 0.273. The van der Waals surface area contributed by atoms with Gasteiger partial charge in [-0.15, -0.1) is 0 Å². The van der Waals surface area contributed by atoms with Gasteiger partial charge in [0.25, 0.3) is 0 Å². The van der Waals surface area contributed by atoms with Gasteiger partial charge in [-0.3, -0.25) is 4.98 Å².